The minimum atomic E-state index is -0.322. The van der Waals surface area contributed by atoms with Gasteiger partial charge in [0.2, 0.25) is 5.91 Å². The van der Waals surface area contributed by atoms with Crippen molar-refractivity contribution in [1.29, 1.82) is 5.41 Å². The molecule has 2 atom stereocenters. The lowest BCUT2D eigenvalue weighted by Crippen LogP contribution is -2.40. The van der Waals surface area contributed by atoms with E-state index in [0.717, 1.165) is 38.5 Å². The largest absolute Gasteiger partial charge is 0.367 e. The molecule has 0 radical (unpaired) electrons. The van der Waals surface area contributed by atoms with Crippen LogP contribution in [0.25, 0.3) is 0 Å². The number of carbonyl (C=O) groups excluding carboxylic acids is 2. The van der Waals surface area contributed by atoms with Gasteiger partial charge in [0.1, 0.15) is 17.2 Å². The highest BCUT2D eigenvalue weighted by Crippen LogP contribution is 2.27. The molecule has 194 valence electrons. The summed E-state index contributed by atoms with van der Waals surface area (Å²) in [5, 5.41) is 14.3. The van der Waals surface area contributed by atoms with Gasteiger partial charge < -0.3 is 25.9 Å². The first-order valence-corrected chi connectivity index (χ1v) is 12.9. The highest BCUT2D eigenvalue weighted by Gasteiger charge is 2.28. The van der Waals surface area contributed by atoms with E-state index in [4.69, 9.17) is 10.4 Å². The second-order valence-electron chi connectivity index (χ2n) is 9.54. The maximum atomic E-state index is 13.2. The van der Waals surface area contributed by atoms with Crippen LogP contribution in [0.1, 0.15) is 93.9 Å². The Kier molecular flexibility index (Phi) is 9.38. The smallest absolute Gasteiger partial charge is 0.262 e. The summed E-state index contributed by atoms with van der Waals surface area (Å²) < 4.78 is 0. The summed E-state index contributed by atoms with van der Waals surface area (Å²) in [6, 6.07) is 7.03. The molecule has 1 saturated heterocycles. The van der Waals surface area contributed by atoms with E-state index in [-0.39, 0.29) is 40.6 Å². The highest BCUT2D eigenvalue weighted by atomic mass is 16.2. The van der Waals surface area contributed by atoms with E-state index in [2.05, 4.69) is 29.5 Å². The monoisotopic (exact) mass is 494 g/mol. The Morgan fingerprint density at radius 1 is 1.22 bits per heavy atom. The molecular formula is C27H38N6O3. The van der Waals surface area contributed by atoms with Crippen molar-refractivity contribution in [2.45, 2.75) is 78.2 Å². The van der Waals surface area contributed by atoms with Gasteiger partial charge in [-0.15, -0.1) is 0 Å². The molecule has 36 heavy (non-hydrogen) atoms. The number of nitrogens with zero attached hydrogens (tertiary/aromatic N) is 2. The molecule has 9 heteroatoms. The molecule has 2 heterocycles. The molecule has 0 spiro atoms. The molecule has 9 nitrogen and oxygen atoms in total. The van der Waals surface area contributed by atoms with Crippen LogP contribution in [-0.4, -0.2) is 51.5 Å². The normalized spacial score (nSPS) is 16.3. The SMILES string of the molecule is CCCCC(CC)Nc1nc(C2CCCN(C(=O)c3ccc(NC(C)=O)cc3)C2)[nH]c(=O)c1C(C)=N. The Labute approximate surface area is 212 Å². The van der Waals surface area contributed by atoms with Crippen molar-refractivity contribution in [3.05, 3.63) is 51.6 Å². The lowest BCUT2D eigenvalue weighted by atomic mass is 9.96. The van der Waals surface area contributed by atoms with E-state index in [1.165, 1.54) is 6.92 Å². The van der Waals surface area contributed by atoms with Gasteiger partial charge in [-0.05, 0) is 56.9 Å². The number of amides is 2. The molecule has 1 aliphatic rings. The van der Waals surface area contributed by atoms with Gasteiger partial charge in [-0.25, -0.2) is 4.98 Å². The third-order valence-electron chi connectivity index (χ3n) is 6.60. The summed E-state index contributed by atoms with van der Waals surface area (Å²) in [6.07, 6.45) is 5.64. The van der Waals surface area contributed by atoms with Gasteiger partial charge in [-0.1, -0.05) is 26.7 Å². The molecule has 1 aromatic heterocycles. The fourth-order valence-corrected chi connectivity index (χ4v) is 4.63. The van der Waals surface area contributed by atoms with Crippen LogP contribution < -0.4 is 16.2 Å². The standard InChI is InChI=1S/C27H38N6O3/c1-5-7-10-21(6-2)30-25-23(17(3)28)26(35)32-24(31-25)20-9-8-15-33(16-20)27(36)19-11-13-22(14-12-19)29-18(4)34/h11-14,20-21,28H,5-10,15-16H2,1-4H3,(H,29,34)(H2,30,31,32,35). The predicted molar refractivity (Wildman–Crippen MR) is 143 cm³/mol. The number of hydrogen-bond donors (Lipinski definition) is 4. The van der Waals surface area contributed by atoms with Crippen LogP contribution in [0.3, 0.4) is 0 Å². The Morgan fingerprint density at radius 2 is 1.94 bits per heavy atom. The minimum absolute atomic E-state index is 0.0904. The van der Waals surface area contributed by atoms with Crippen molar-refractivity contribution in [3.63, 3.8) is 0 Å². The van der Waals surface area contributed by atoms with Crippen molar-refractivity contribution in [2.75, 3.05) is 23.7 Å². The predicted octanol–water partition coefficient (Wildman–Crippen LogP) is 4.52. The van der Waals surface area contributed by atoms with Crippen LogP contribution in [-0.2, 0) is 4.79 Å². The van der Waals surface area contributed by atoms with E-state index >= 15 is 0 Å². The fourth-order valence-electron chi connectivity index (χ4n) is 4.63. The maximum absolute atomic E-state index is 13.2. The van der Waals surface area contributed by atoms with E-state index in [0.29, 0.717) is 36.0 Å². The number of rotatable bonds is 10. The molecule has 2 aromatic rings. The zero-order chi connectivity index (χ0) is 26.2. The molecule has 0 bridgehead atoms. The van der Waals surface area contributed by atoms with Gasteiger partial charge in [-0.3, -0.25) is 14.4 Å². The summed E-state index contributed by atoms with van der Waals surface area (Å²) >= 11 is 0. The number of hydrogen-bond acceptors (Lipinski definition) is 6. The lowest BCUT2D eigenvalue weighted by Gasteiger charge is -2.32. The molecule has 0 saturated carbocycles. The first kappa shape index (κ1) is 27.1. The van der Waals surface area contributed by atoms with Crippen molar-refractivity contribution in [1.82, 2.24) is 14.9 Å². The third-order valence-corrected chi connectivity index (χ3v) is 6.60. The zero-order valence-electron chi connectivity index (χ0n) is 21.7. The number of aromatic amines is 1. The average Bonchev–Trinajstić information content (AvgIpc) is 2.85. The number of H-pyrrole nitrogens is 1. The van der Waals surface area contributed by atoms with Crippen LogP contribution in [0.2, 0.25) is 0 Å². The number of likely N-dealkylation sites (tertiary alicyclic amines) is 1. The number of unbranched alkanes of at least 4 members (excludes halogenated alkanes) is 1. The van der Waals surface area contributed by atoms with E-state index in [1.807, 2.05) is 0 Å². The van der Waals surface area contributed by atoms with Crippen LogP contribution in [0.15, 0.2) is 29.1 Å². The van der Waals surface area contributed by atoms with Crippen molar-refractivity contribution in [3.8, 4) is 0 Å². The van der Waals surface area contributed by atoms with Crippen LogP contribution >= 0.6 is 0 Å². The molecule has 3 rings (SSSR count). The number of carbonyl (C=O) groups is 2. The number of benzene rings is 1. The van der Waals surface area contributed by atoms with E-state index in [1.54, 1.807) is 36.1 Å². The average molecular weight is 495 g/mol. The van der Waals surface area contributed by atoms with E-state index < -0.39 is 0 Å². The molecule has 2 amide bonds. The van der Waals surface area contributed by atoms with Gasteiger partial charge in [0.15, 0.2) is 0 Å². The third kappa shape index (κ3) is 6.80. The molecule has 1 aromatic carbocycles. The summed E-state index contributed by atoms with van der Waals surface area (Å²) in [4.78, 5) is 46.9. The van der Waals surface area contributed by atoms with Crippen molar-refractivity contribution < 1.29 is 9.59 Å². The Bertz CT molecular complexity index is 1140. The quantitative estimate of drug-likeness (QED) is 0.361. The summed E-state index contributed by atoms with van der Waals surface area (Å²) in [7, 11) is 0. The molecule has 2 unspecified atom stereocenters. The lowest BCUT2D eigenvalue weighted by molar-refractivity contribution is -0.114. The number of nitrogens with one attached hydrogen (secondary N) is 4. The Hall–Kier alpha value is -3.49. The van der Waals surface area contributed by atoms with Crippen LogP contribution in [0.5, 0.6) is 0 Å². The molecule has 4 N–H and O–H groups in total. The van der Waals surface area contributed by atoms with Crippen LogP contribution in [0.4, 0.5) is 11.5 Å². The molecular weight excluding hydrogens is 456 g/mol. The summed E-state index contributed by atoms with van der Waals surface area (Å²) in [5.41, 5.74) is 1.31. The van der Waals surface area contributed by atoms with Crippen LogP contribution in [0, 0.1) is 5.41 Å². The number of anilines is 2. The Morgan fingerprint density at radius 3 is 2.56 bits per heavy atom. The molecule has 1 fully saturated rings. The highest BCUT2D eigenvalue weighted by molar-refractivity contribution is 6.00. The zero-order valence-corrected chi connectivity index (χ0v) is 21.7. The second kappa shape index (κ2) is 12.5. The first-order chi connectivity index (χ1) is 17.2. The molecule has 0 aliphatic carbocycles. The number of aromatic nitrogens is 2. The van der Waals surface area contributed by atoms with Gasteiger partial charge in [-0.2, -0.15) is 0 Å². The first-order valence-electron chi connectivity index (χ1n) is 12.9. The van der Waals surface area contributed by atoms with E-state index in [9.17, 15) is 14.4 Å². The van der Waals surface area contributed by atoms with Gasteiger partial charge in [0.05, 0.1) is 0 Å². The van der Waals surface area contributed by atoms with Gasteiger partial charge in [0, 0.05) is 48.9 Å². The maximum Gasteiger partial charge on any atom is 0.262 e. The second-order valence-corrected chi connectivity index (χ2v) is 9.54. The van der Waals surface area contributed by atoms with Crippen molar-refractivity contribution in [2.24, 2.45) is 0 Å². The fraction of sp³-hybridized carbons (Fsp3) is 0.519. The van der Waals surface area contributed by atoms with Crippen molar-refractivity contribution >= 4 is 29.0 Å². The van der Waals surface area contributed by atoms with Gasteiger partial charge >= 0.3 is 0 Å². The summed E-state index contributed by atoms with van der Waals surface area (Å²) in [5.74, 6) is 0.651. The Balaban J connectivity index is 1.82. The molecule has 1 aliphatic heterocycles. The minimum Gasteiger partial charge on any atom is -0.367 e. The summed E-state index contributed by atoms with van der Waals surface area (Å²) in [6.45, 7) is 8.37. The topological polar surface area (TPSA) is 131 Å². The van der Waals surface area contributed by atoms with Gasteiger partial charge in [0.25, 0.3) is 11.5 Å². The number of piperidine rings is 1.